The van der Waals surface area contributed by atoms with Crippen molar-refractivity contribution in [2.24, 2.45) is 0 Å². The molecule has 1 fully saturated rings. The first-order valence-electron chi connectivity index (χ1n) is 9.11. The Morgan fingerprint density at radius 3 is 2.63 bits per heavy atom. The Morgan fingerprint density at radius 2 is 1.85 bits per heavy atom. The number of amides is 2. The molecule has 3 aromatic heterocycles. The van der Waals surface area contributed by atoms with E-state index in [0.29, 0.717) is 11.1 Å². The fourth-order valence-electron chi connectivity index (χ4n) is 3.46. The summed E-state index contributed by atoms with van der Waals surface area (Å²) in [6.45, 7) is 1.63. The van der Waals surface area contributed by atoms with Crippen molar-refractivity contribution in [1.82, 2.24) is 24.8 Å². The fraction of sp³-hybridized carbons (Fsp3) is 0.300. The molecule has 27 heavy (non-hydrogen) atoms. The van der Waals surface area contributed by atoms with Crippen molar-refractivity contribution in [2.75, 3.05) is 20.1 Å². The predicted octanol–water partition coefficient (Wildman–Crippen LogP) is 2.41. The van der Waals surface area contributed by atoms with Crippen LogP contribution in [-0.4, -0.2) is 51.4 Å². The van der Waals surface area contributed by atoms with Crippen molar-refractivity contribution in [3.8, 4) is 5.69 Å². The maximum Gasteiger partial charge on any atom is 0.255 e. The minimum Gasteiger partial charge on any atom is -0.355 e. The third-order valence-corrected chi connectivity index (χ3v) is 4.91. The monoisotopic (exact) mass is 363 g/mol. The first kappa shape index (κ1) is 17.2. The summed E-state index contributed by atoms with van der Waals surface area (Å²) < 4.78 is 1.87. The van der Waals surface area contributed by atoms with Crippen molar-refractivity contribution in [3.63, 3.8) is 0 Å². The summed E-state index contributed by atoms with van der Waals surface area (Å²) in [4.78, 5) is 35.1. The van der Waals surface area contributed by atoms with E-state index in [-0.39, 0.29) is 11.8 Å². The van der Waals surface area contributed by atoms with Crippen molar-refractivity contribution in [2.45, 2.75) is 19.3 Å². The molecule has 0 bridgehead atoms. The zero-order chi connectivity index (χ0) is 18.8. The average Bonchev–Trinajstić information content (AvgIpc) is 3.16. The van der Waals surface area contributed by atoms with Gasteiger partial charge in [-0.3, -0.25) is 19.1 Å². The molecular formula is C20H21N5O2. The van der Waals surface area contributed by atoms with E-state index in [0.717, 1.165) is 42.7 Å². The Bertz CT molecular complexity index is 1000. The Kier molecular flexibility index (Phi) is 4.58. The maximum absolute atomic E-state index is 12.7. The van der Waals surface area contributed by atoms with Crippen LogP contribution in [0.3, 0.4) is 0 Å². The molecule has 0 aromatic carbocycles. The van der Waals surface area contributed by atoms with Crippen LogP contribution in [0.1, 0.15) is 40.0 Å². The molecule has 0 saturated carbocycles. The lowest BCUT2D eigenvalue weighted by molar-refractivity contribution is 0.0724. The Morgan fingerprint density at radius 1 is 1.04 bits per heavy atom. The molecule has 0 unspecified atom stereocenters. The number of piperidine rings is 1. The van der Waals surface area contributed by atoms with Crippen LogP contribution in [-0.2, 0) is 0 Å². The molecule has 4 rings (SSSR count). The first-order chi connectivity index (χ1) is 13.2. The standard InChI is InChI=1S/C20H21N5O2/c1-21-19(26)15-10-17(13-22-11-15)25-8-5-14-9-16(12-23-18(14)25)20(27)24-6-3-2-4-7-24/h5,8-13H,2-4,6-7H2,1H3,(H,21,26). The molecule has 1 aliphatic heterocycles. The molecule has 1 saturated heterocycles. The number of fused-ring (bicyclic) bond motifs is 1. The number of carbonyl (C=O) groups excluding carboxylic acids is 2. The highest BCUT2D eigenvalue weighted by Gasteiger charge is 2.19. The minimum absolute atomic E-state index is 0.0418. The number of nitrogens with zero attached hydrogens (tertiary/aromatic N) is 4. The van der Waals surface area contributed by atoms with E-state index in [9.17, 15) is 9.59 Å². The van der Waals surface area contributed by atoms with Crippen molar-refractivity contribution >= 4 is 22.8 Å². The molecule has 0 radical (unpaired) electrons. The van der Waals surface area contributed by atoms with Crippen LogP contribution in [0.2, 0.25) is 0 Å². The lowest BCUT2D eigenvalue weighted by atomic mass is 10.1. The van der Waals surface area contributed by atoms with Gasteiger partial charge < -0.3 is 10.2 Å². The minimum atomic E-state index is -0.191. The van der Waals surface area contributed by atoms with Crippen LogP contribution >= 0.6 is 0 Å². The molecule has 7 nitrogen and oxygen atoms in total. The van der Waals surface area contributed by atoms with Crippen molar-refractivity contribution < 1.29 is 9.59 Å². The van der Waals surface area contributed by atoms with Gasteiger partial charge in [-0.2, -0.15) is 0 Å². The molecule has 1 aliphatic rings. The quantitative estimate of drug-likeness (QED) is 0.775. The summed E-state index contributed by atoms with van der Waals surface area (Å²) >= 11 is 0. The van der Waals surface area contributed by atoms with Gasteiger partial charge in [0.2, 0.25) is 0 Å². The Balaban J connectivity index is 1.67. The van der Waals surface area contributed by atoms with E-state index in [1.54, 1.807) is 25.5 Å². The molecule has 7 heteroatoms. The summed E-state index contributed by atoms with van der Waals surface area (Å²) in [6.07, 6.45) is 10.0. The summed E-state index contributed by atoms with van der Waals surface area (Å²) in [5.74, 6) is -0.150. The second kappa shape index (κ2) is 7.19. The summed E-state index contributed by atoms with van der Waals surface area (Å²) in [5.41, 5.74) is 2.56. The number of likely N-dealkylation sites (tertiary alicyclic amines) is 1. The second-order valence-corrected chi connectivity index (χ2v) is 6.69. The molecule has 138 valence electrons. The molecule has 2 amide bonds. The van der Waals surface area contributed by atoms with Gasteiger partial charge >= 0.3 is 0 Å². The van der Waals surface area contributed by atoms with Gasteiger partial charge in [-0.1, -0.05) is 0 Å². The van der Waals surface area contributed by atoms with E-state index >= 15 is 0 Å². The molecule has 0 atom stereocenters. The molecular weight excluding hydrogens is 342 g/mol. The maximum atomic E-state index is 12.7. The van der Waals surface area contributed by atoms with Crippen LogP contribution in [0.15, 0.2) is 43.0 Å². The van der Waals surface area contributed by atoms with Gasteiger partial charge in [0.15, 0.2) is 0 Å². The Labute approximate surface area is 157 Å². The lowest BCUT2D eigenvalue weighted by Crippen LogP contribution is -2.35. The largest absolute Gasteiger partial charge is 0.355 e. The molecule has 0 spiro atoms. The van der Waals surface area contributed by atoms with E-state index in [1.807, 2.05) is 27.8 Å². The lowest BCUT2D eigenvalue weighted by Gasteiger charge is -2.26. The van der Waals surface area contributed by atoms with Crippen LogP contribution < -0.4 is 5.32 Å². The van der Waals surface area contributed by atoms with Crippen molar-refractivity contribution in [1.29, 1.82) is 0 Å². The van der Waals surface area contributed by atoms with Gasteiger partial charge in [-0.05, 0) is 37.5 Å². The van der Waals surface area contributed by atoms with Crippen molar-refractivity contribution in [3.05, 3.63) is 54.1 Å². The summed E-state index contributed by atoms with van der Waals surface area (Å²) in [6, 6.07) is 5.56. The topological polar surface area (TPSA) is 80.1 Å². The van der Waals surface area contributed by atoms with Crippen LogP contribution in [0, 0.1) is 0 Å². The third kappa shape index (κ3) is 3.28. The highest BCUT2D eigenvalue weighted by molar-refractivity contribution is 5.97. The number of aromatic nitrogens is 3. The molecule has 0 aliphatic carbocycles. The fourth-order valence-corrected chi connectivity index (χ4v) is 3.46. The number of hydrogen-bond acceptors (Lipinski definition) is 4. The van der Waals surface area contributed by atoms with Crippen LogP contribution in [0.5, 0.6) is 0 Å². The van der Waals surface area contributed by atoms with E-state index in [2.05, 4.69) is 15.3 Å². The van der Waals surface area contributed by atoms with Gasteiger partial charge in [-0.15, -0.1) is 0 Å². The van der Waals surface area contributed by atoms with Crippen LogP contribution in [0.25, 0.3) is 16.7 Å². The predicted molar refractivity (Wildman–Crippen MR) is 102 cm³/mol. The number of pyridine rings is 2. The van der Waals surface area contributed by atoms with E-state index in [1.165, 1.54) is 12.6 Å². The number of rotatable bonds is 3. The normalized spacial score (nSPS) is 14.3. The third-order valence-electron chi connectivity index (χ3n) is 4.91. The summed E-state index contributed by atoms with van der Waals surface area (Å²) in [5, 5.41) is 3.47. The van der Waals surface area contributed by atoms with E-state index in [4.69, 9.17) is 0 Å². The summed E-state index contributed by atoms with van der Waals surface area (Å²) in [7, 11) is 1.59. The first-order valence-corrected chi connectivity index (χ1v) is 9.11. The van der Waals surface area contributed by atoms with Gasteiger partial charge in [0.05, 0.1) is 23.0 Å². The zero-order valence-electron chi connectivity index (χ0n) is 15.2. The highest BCUT2D eigenvalue weighted by Crippen LogP contribution is 2.21. The highest BCUT2D eigenvalue weighted by atomic mass is 16.2. The zero-order valence-corrected chi connectivity index (χ0v) is 15.2. The van der Waals surface area contributed by atoms with Gasteiger partial charge in [0.25, 0.3) is 11.8 Å². The number of nitrogens with one attached hydrogen (secondary N) is 1. The SMILES string of the molecule is CNC(=O)c1cncc(-n2ccc3cc(C(=O)N4CCCCC4)cnc32)c1. The second-order valence-electron chi connectivity index (χ2n) is 6.69. The smallest absolute Gasteiger partial charge is 0.255 e. The Hall–Kier alpha value is -3.22. The average molecular weight is 363 g/mol. The van der Waals surface area contributed by atoms with Gasteiger partial charge in [0, 0.05) is 44.1 Å². The van der Waals surface area contributed by atoms with Gasteiger partial charge in [-0.25, -0.2) is 4.98 Å². The van der Waals surface area contributed by atoms with E-state index < -0.39 is 0 Å². The van der Waals surface area contributed by atoms with Gasteiger partial charge in [0.1, 0.15) is 5.65 Å². The number of carbonyl (C=O) groups is 2. The molecule has 1 N–H and O–H groups in total. The number of hydrogen-bond donors (Lipinski definition) is 1. The molecule has 3 aromatic rings. The molecule has 4 heterocycles. The van der Waals surface area contributed by atoms with Crippen LogP contribution in [0.4, 0.5) is 0 Å².